The molecule has 1 aromatic heterocycles. The first-order valence-electron chi connectivity index (χ1n) is 10.8. The first-order valence-corrected chi connectivity index (χ1v) is 11.6. The molecule has 5 nitrogen and oxygen atoms in total. The van der Waals surface area contributed by atoms with Crippen molar-refractivity contribution in [2.24, 2.45) is 5.92 Å². The van der Waals surface area contributed by atoms with Gasteiger partial charge in [0.05, 0.1) is 23.7 Å². The molecule has 168 valence electrons. The van der Waals surface area contributed by atoms with Gasteiger partial charge in [0.2, 0.25) is 0 Å². The van der Waals surface area contributed by atoms with E-state index >= 15 is 0 Å². The summed E-state index contributed by atoms with van der Waals surface area (Å²) in [5, 5.41) is 5.36. The Hall–Kier alpha value is -2.34. The van der Waals surface area contributed by atoms with Crippen molar-refractivity contribution in [3.05, 3.63) is 69.9 Å². The number of ether oxygens (including phenoxy) is 1. The molecule has 0 spiro atoms. The highest BCUT2D eigenvalue weighted by molar-refractivity contribution is 6.33. The SMILES string of the molecule is COc1cc(C(=O)CCC2CCN(Cc3cc(-c4ccccc4Cl)no3)CC2)ccc1Cl. The maximum Gasteiger partial charge on any atom is 0.163 e. The zero-order chi connectivity index (χ0) is 22.5. The number of nitrogens with zero attached hydrogens (tertiary/aromatic N) is 2. The van der Waals surface area contributed by atoms with Crippen LogP contribution in [0.25, 0.3) is 11.3 Å². The normalized spacial score (nSPS) is 15.1. The second-order valence-corrected chi connectivity index (χ2v) is 9.00. The third kappa shape index (κ3) is 5.52. The number of hydrogen-bond donors (Lipinski definition) is 0. The number of likely N-dealkylation sites (tertiary alicyclic amines) is 1. The number of piperidine rings is 1. The van der Waals surface area contributed by atoms with Crippen LogP contribution in [-0.4, -0.2) is 36.0 Å². The summed E-state index contributed by atoms with van der Waals surface area (Å²) in [6, 6.07) is 14.8. The number of hydrogen-bond acceptors (Lipinski definition) is 5. The molecule has 2 aromatic carbocycles. The summed E-state index contributed by atoms with van der Waals surface area (Å²) in [6.07, 6.45) is 3.58. The average Bonchev–Trinajstić information content (AvgIpc) is 3.27. The van der Waals surface area contributed by atoms with Gasteiger partial charge in [0, 0.05) is 23.6 Å². The van der Waals surface area contributed by atoms with Crippen LogP contribution in [0.1, 0.15) is 41.8 Å². The molecule has 4 rings (SSSR count). The van der Waals surface area contributed by atoms with Crippen LogP contribution in [-0.2, 0) is 6.54 Å². The van der Waals surface area contributed by atoms with E-state index < -0.39 is 0 Å². The highest BCUT2D eigenvalue weighted by Crippen LogP contribution is 2.29. The molecule has 7 heteroatoms. The number of ketones is 1. The lowest BCUT2D eigenvalue weighted by Crippen LogP contribution is -2.33. The van der Waals surface area contributed by atoms with Gasteiger partial charge in [-0.3, -0.25) is 9.69 Å². The largest absolute Gasteiger partial charge is 0.495 e. The summed E-state index contributed by atoms with van der Waals surface area (Å²) in [7, 11) is 1.56. The van der Waals surface area contributed by atoms with Crippen LogP contribution in [0.3, 0.4) is 0 Å². The molecule has 0 saturated carbocycles. The van der Waals surface area contributed by atoms with Gasteiger partial charge in [0.1, 0.15) is 11.4 Å². The zero-order valence-corrected chi connectivity index (χ0v) is 19.5. The van der Waals surface area contributed by atoms with E-state index in [1.54, 1.807) is 25.3 Å². The third-order valence-corrected chi connectivity index (χ3v) is 6.69. The van der Waals surface area contributed by atoms with Gasteiger partial charge in [-0.15, -0.1) is 0 Å². The van der Waals surface area contributed by atoms with Crippen molar-refractivity contribution in [1.29, 1.82) is 0 Å². The zero-order valence-electron chi connectivity index (χ0n) is 18.0. The van der Waals surface area contributed by atoms with Crippen molar-refractivity contribution < 1.29 is 14.1 Å². The van der Waals surface area contributed by atoms with Crippen LogP contribution in [0.2, 0.25) is 10.0 Å². The van der Waals surface area contributed by atoms with E-state index in [0.29, 0.717) is 33.7 Å². The smallest absolute Gasteiger partial charge is 0.163 e. The lowest BCUT2D eigenvalue weighted by Gasteiger charge is -2.31. The van der Waals surface area contributed by atoms with Crippen molar-refractivity contribution in [2.75, 3.05) is 20.2 Å². The van der Waals surface area contributed by atoms with E-state index in [9.17, 15) is 4.79 Å². The summed E-state index contributed by atoms with van der Waals surface area (Å²) >= 11 is 12.3. The van der Waals surface area contributed by atoms with Crippen molar-refractivity contribution in [3.63, 3.8) is 0 Å². The summed E-state index contributed by atoms with van der Waals surface area (Å²) in [5.41, 5.74) is 2.30. The van der Waals surface area contributed by atoms with Crippen LogP contribution in [0, 0.1) is 5.92 Å². The maximum absolute atomic E-state index is 12.6. The Morgan fingerprint density at radius 1 is 1.12 bits per heavy atom. The quantitative estimate of drug-likeness (QED) is 0.348. The summed E-state index contributed by atoms with van der Waals surface area (Å²) in [5.74, 6) is 2.06. The van der Waals surface area contributed by atoms with Crippen molar-refractivity contribution in [2.45, 2.75) is 32.2 Å². The molecule has 0 aliphatic carbocycles. The van der Waals surface area contributed by atoms with Gasteiger partial charge in [-0.25, -0.2) is 0 Å². The van der Waals surface area contributed by atoms with Crippen LogP contribution in [0.4, 0.5) is 0 Å². The number of carbonyl (C=O) groups excluding carboxylic acids is 1. The summed E-state index contributed by atoms with van der Waals surface area (Å²) in [6.45, 7) is 2.69. The Morgan fingerprint density at radius 2 is 1.91 bits per heavy atom. The summed E-state index contributed by atoms with van der Waals surface area (Å²) < 4.78 is 10.8. The van der Waals surface area contributed by atoms with Gasteiger partial charge in [0.15, 0.2) is 11.5 Å². The van der Waals surface area contributed by atoms with Crippen LogP contribution < -0.4 is 4.74 Å². The fraction of sp³-hybridized carbons (Fsp3) is 0.360. The molecule has 3 aromatic rings. The highest BCUT2D eigenvalue weighted by Gasteiger charge is 2.22. The molecular formula is C25H26Cl2N2O3. The molecule has 1 saturated heterocycles. The van der Waals surface area contributed by atoms with E-state index in [4.69, 9.17) is 32.5 Å². The lowest BCUT2D eigenvalue weighted by molar-refractivity contribution is 0.0959. The standard InChI is InChI=1S/C25H26Cl2N2O3/c1-31-25-14-18(7-8-22(25)27)24(30)9-6-17-10-12-29(13-11-17)16-19-15-23(28-32-19)20-4-2-3-5-21(20)26/h2-5,7-8,14-15,17H,6,9-13,16H2,1H3. The molecule has 2 heterocycles. The van der Waals surface area contributed by atoms with Gasteiger partial charge in [-0.2, -0.15) is 0 Å². The second-order valence-electron chi connectivity index (χ2n) is 8.19. The number of carbonyl (C=O) groups is 1. The molecule has 0 atom stereocenters. The topological polar surface area (TPSA) is 55.6 Å². The second kappa shape index (κ2) is 10.5. The van der Waals surface area contributed by atoms with Crippen molar-refractivity contribution in [1.82, 2.24) is 10.1 Å². The van der Waals surface area contributed by atoms with E-state index in [-0.39, 0.29) is 5.78 Å². The molecule has 0 bridgehead atoms. The number of methoxy groups -OCH3 is 1. The number of Topliss-reactive ketones (excluding diaryl/α,β-unsaturated/α-hetero) is 1. The fourth-order valence-corrected chi connectivity index (χ4v) is 4.58. The Bertz CT molecular complexity index is 1070. The Morgan fingerprint density at radius 3 is 2.66 bits per heavy atom. The average molecular weight is 473 g/mol. The van der Waals surface area contributed by atoms with Gasteiger partial charge < -0.3 is 9.26 Å². The lowest BCUT2D eigenvalue weighted by atomic mass is 9.90. The first-order chi connectivity index (χ1) is 15.5. The highest BCUT2D eigenvalue weighted by atomic mass is 35.5. The van der Waals surface area contributed by atoms with Crippen molar-refractivity contribution >= 4 is 29.0 Å². The van der Waals surface area contributed by atoms with Crippen LogP contribution in [0.15, 0.2) is 53.1 Å². The van der Waals surface area contributed by atoms with Gasteiger partial charge >= 0.3 is 0 Å². The number of aromatic nitrogens is 1. The molecule has 32 heavy (non-hydrogen) atoms. The minimum Gasteiger partial charge on any atom is -0.495 e. The molecule has 0 N–H and O–H groups in total. The molecule has 1 fully saturated rings. The predicted octanol–water partition coefficient (Wildman–Crippen LogP) is 6.53. The predicted molar refractivity (Wildman–Crippen MR) is 127 cm³/mol. The van der Waals surface area contributed by atoms with Crippen LogP contribution >= 0.6 is 23.2 Å². The van der Waals surface area contributed by atoms with E-state index in [2.05, 4.69) is 10.1 Å². The fourth-order valence-electron chi connectivity index (χ4n) is 4.15. The van der Waals surface area contributed by atoms with Gasteiger partial charge in [-0.05, 0) is 62.5 Å². The summed E-state index contributed by atoms with van der Waals surface area (Å²) in [4.78, 5) is 15.0. The number of rotatable bonds is 8. The molecule has 1 aliphatic rings. The van der Waals surface area contributed by atoms with Gasteiger partial charge in [0.25, 0.3) is 0 Å². The van der Waals surface area contributed by atoms with E-state index in [0.717, 1.165) is 55.9 Å². The number of benzene rings is 2. The molecule has 0 radical (unpaired) electrons. The molecule has 1 aliphatic heterocycles. The third-order valence-electron chi connectivity index (χ3n) is 6.05. The monoisotopic (exact) mass is 472 g/mol. The van der Waals surface area contributed by atoms with Crippen LogP contribution in [0.5, 0.6) is 5.75 Å². The Balaban J connectivity index is 1.24. The van der Waals surface area contributed by atoms with Gasteiger partial charge in [-0.1, -0.05) is 46.6 Å². The molecular weight excluding hydrogens is 447 g/mol. The minimum atomic E-state index is 0.135. The first kappa shape index (κ1) is 22.8. The van der Waals surface area contributed by atoms with Crippen molar-refractivity contribution in [3.8, 4) is 17.0 Å². The molecule has 0 amide bonds. The minimum absolute atomic E-state index is 0.135. The molecule has 0 unspecified atom stereocenters. The Kier molecular flexibility index (Phi) is 7.51. The van der Waals surface area contributed by atoms with E-state index in [1.807, 2.05) is 30.3 Å². The number of halogens is 2. The maximum atomic E-state index is 12.6. The van der Waals surface area contributed by atoms with E-state index in [1.165, 1.54) is 0 Å². The Labute approximate surface area is 198 Å².